The van der Waals surface area contributed by atoms with Gasteiger partial charge in [0.15, 0.2) is 0 Å². The summed E-state index contributed by atoms with van der Waals surface area (Å²) in [6.45, 7) is 13.9. The highest BCUT2D eigenvalue weighted by Crippen LogP contribution is 2.37. The van der Waals surface area contributed by atoms with Gasteiger partial charge in [0.25, 0.3) is 0 Å². The molecule has 3 rings (SSSR count). The van der Waals surface area contributed by atoms with Gasteiger partial charge in [-0.05, 0) is 69.9 Å². The normalized spacial score (nSPS) is 12.2. The molecule has 0 fully saturated rings. The monoisotopic (exact) mass is 398 g/mol. The van der Waals surface area contributed by atoms with Crippen LogP contribution in [-0.2, 0) is 10.8 Å². The molecule has 3 aromatic rings. The Balaban J connectivity index is 1.97. The molecule has 158 valence electrons. The van der Waals surface area contributed by atoms with Crippen LogP contribution < -0.4 is 0 Å². The Bertz CT molecular complexity index is 856. The van der Waals surface area contributed by atoms with Crippen molar-refractivity contribution in [2.45, 2.75) is 78.1 Å². The van der Waals surface area contributed by atoms with Crippen LogP contribution in [0, 0.1) is 0 Å². The van der Waals surface area contributed by atoms with Crippen LogP contribution >= 0.6 is 0 Å². The number of hydrogen-bond donors (Lipinski definition) is 0. The van der Waals surface area contributed by atoms with Crippen LogP contribution in [0.3, 0.4) is 0 Å². The third kappa shape index (κ3) is 4.24. The summed E-state index contributed by atoms with van der Waals surface area (Å²) in [4.78, 5) is 0. The third-order valence-corrected chi connectivity index (χ3v) is 7.83. The van der Waals surface area contributed by atoms with E-state index in [2.05, 4.69) is 114 Å². The molecule has 0 amide bonds. The average molecular weight is 399 g/mol. The lowest BCUT2D eigenvalue weighted by atomic mass is 9.77. The van der Waals surface area contributed by atoms with Crippen LogP contribution in [0.15, 0.2) is 72.8 Å². The molecule has 0 unspecified atom stereocenters. The van der Waals surface area contributed by atoms with E-state index in [0.717, 1.165) is 0 Å². The van der Waals surface area contributed by atoms with Crippen molar-refractivity contribution in [1.82, 2.24) is 0 Å². The second-order valence-corrected chi connectivity index (χ2v) is 9.24. The van der Waals surface area contributed by atoms with Crippen molar-refractivity contribution in [3.8, 4) is 22.3 Å². The minimum Gasteiger partial charge on any atom is -0.0645 e. The zero-order valence-corrected chi connectivity index (χ0v) is 19.8. The molecule has 0 aliphatic rings. The van der Waals surface area contributed by atoms with Gasteiger partial charge in [-0.25, -0.2) is 0 Å². The van der Waals surface area contributed by atoms with Crippen molar-refractivity contribution in [3.63, 3.8) is 0 Å². The molecule has 0 heterocycles. The molecule has 0 radical (unpaired) electrons. The summed E-state index contributed by atoms with van der Waals surface area (Å²) in [6.07, 6.45) is 4.67. The van der Waals surface area contributed by atoms with Gasteiger partial charge in [-0.1, -0.05) is 114 Å². The van der Waals surface area contributed by atoms with Crippen molar-refractivity contribution in [2.75, 3.05) is 0 Å². The first-order valence-electron chi connectivity index (χ1n) is 11.7. The van der Waals surface area contributed by atoms with Gasteiger partial charge < -0.3 is 0 Å². The molecule has 0 aromatic heterocycles. The average Bonchev–Trinajstić information content (AvgIpc) is 2.83. The fraction of sp³-hybridized carbons (Fsp3) is 0.400. The molecule has 0 bridgehead atoms. The highest BCUT2D eigenvalue weighted by atomic mass is 14.3. The molecule has 0 atom stereocenters. The topological polar surface area (TPSA) is 0 Å². The maximum absolute atomic E-state index is 2.37. The van der Waals surface area contributed by atoms with Crippen LogP contribution in [0.1, 0.15) is 78.4 Å². The lowest BCUT2D eigenvalue weighted by molar-refractivity contribution is 0.439. The van der Waals surface area contributed by atoms with Gasteiger partial charge in [-0.3, -0.25) is 0 Å². The fourth-order valence-electron chi connectivity index (χ4n) is 4.41. The summed E-state index contributed by atoms with van der Waals surface area (Å²) in [5.74, 6) is 0. The Morgan fingerprint density at radius 1 is 0.467 bits per heavy atom. The standard InChI is InChI=1S/C30H38/c1-7-29(5,8-2)25-19-15-23(16-20-25)27-13-11-12-14-28(27)24-17-21-26(22-18-24)30(6,9-3)10-4/h11-22H,7-10H2,1-6H3. The molecule has 0 spiro atoms. The Kier molecular flexibility index (Phi) is 6.86. The first kappa shape index (κ1) is 22.3. The van der Waals surface area contributed by atoms with Crippen molar-refractivity contribution in [3.05, 3.63) is 83.9 Å². The Morgan fingerprint density at radius 2 is 0.767 bits per heavy atom. The summed E-state index contributed by atoms with van der Waals surface area (Å²) in [7, 11) is 0. The summed E-state index contributed by atoms with van der Waals surface area (Å²) >= 11 is 0. The number of rotatable bonds is 8. The predicted octanol–water partition coefficient (Wildman–Crippen LogP) is 9.18. The molecule has 0 N–H and O–H groups in total. The Hall–Kier alpha value is -2.34. The van der Waals surface area contributed by atoms with E-state index >= 15 is 0 Å². The molecule has 0 aliphatic heterocycles. The van der Waals surface area contributed by atoms with Crippen LogP contribution in [0.2, 0.25) is 0 Å². The molecular formula is C30H38. The van der Waals surface area contributed by atoms with Gasteiger partial charge >= 0.3 is 0 Å². The lowest BCUT2D eigenvalue weighted by Crippen LogP contribution is -2.19. The number of hydrogen-bond acceptors (Lipinski definition) is 0. The van der Waals surface area contributed by atoms with Gasteiger partial charge in [-0.15, -0.1) is 0 Å². The smallest absolute Gasteiger partial charge is 0.00805 e. The quantitative estimate of drug-likeness (QED) is 0.355. The molecular weight excluding hydrogens is 360 g/mol. The summed E-state index contributed by atoms with van der Waals surface area (Å²) in [5, 5.41) is 0. The molecule has 0 aliphatic carbocycles. The first-order chi connectivity index (χ1) is 14.4. The Morgan fingerprint density at radius 3 is 1.03 bits per heavy atom. The van der Waals surface area contributed by atoms with Crippen LogP contribution in [0.25, 0.3) is 22.3 Å². The van der Waals surface area contributed by atoms with Crippen molar-refractivity contribution in [1.29, 1.82) is 0 Å². The zero-order valence-electron chi connectivity index (χ0n) is 19.8. The van der Waals surface area contributed by atoms with E-state index in [1.165, 1.54) is 59.1 Å². The third-order valence-electron chi connectivity index (χ3n) is 7.83. The molecule has 3 aromatic carbocycles. The lowest BCUT2D eigenvalue weighted by Gasteiger charge is -2.28. The van der Waals surface area contributed by atoms with E-state index in [0.29, 0.717) is 0 Å². The van der Waals surface area contributed by atoms with E-state index in [9.17, 15) is 0 Å². The largest absolute Gasteiger partial charge is 0.0645 e. The van der Waals surface area contributed by atoms with E-state index in [-0.39, 0.29) is 10.8 Å². The molecule has 0 nitrogen and oxygen atoms in total. The second-order valence-electron chi connectivity index (χ2n) is 9.24. The summed E-state index contributed by atoms with van der Waals surface area (Å²) in [5.41, 5.74) is 8.60. The van der Waals surface area contributed by atoms with Gasteiger partial charge in [0.05, 0.1) is 0 Å². The van der Waals surface area contributed by atoms with Crippen molar-refractivity contribution < 1.29 is 0 Å². The van der Waals surface area contributed by atoms with E-state index in [4.69, 9.17) is 0 Å². The highest BCUT2D eigenvalue weighted by molar-refractivity contribution is 5.83. The predicted molar refractivity (Wildman–Crippen MR) is 133 cm³/mol. The minimum absolute atomic E-state index is 0.263. The minimum atomic E-state index is 0.263. The first-order valence-corrected chi connectivity index (χ1v) is 11.7. The second kappa shape index (κ2) is 9.21. The fourth-order valence-corrected chi connectivity index (χ4v) is 4.41. The van der Waals surface area contributed by atoms with Crippen LogP contribution in [0.5, 0.6) is 0 Å². The molecule has 0 heteroatoms. The summed E-state index contributed by atoms with van der Waals surface area (Å²) in [6, 6.07) is 27.3. The van der Waals surface area contributed by atoms with E-state index < -0.39 is 0 Å². The molecule has 30 heavy (non-hydrogen) atoms. The van der Waals surface area contributed by atoms with E-state index in [1.54, 1.807) is 0 Å². The van der Waals surface area contributed by atoms with Gasteiger partial charge in [0.1, 0.15) is 0 Å². The summed E-state index contributed by atoms with van der Waals surface area (Å²) < 4.78 is 0. The number of benzene rings is 3. The van der Waals surface area contributed by atoms with Crippen molar-refractivity contribution in [2.24, 2.45) is 0 Å². The van der Waals surface area contributed by atoms with Crippen molar-refractivity contribution >= 4 is 0 Å². The van der Waals surface area contributed by atoms with Gasteiger partial charge in [0.2, 0.25) is 0 Å². The highest BCUT2D eigenvalue weighted by Gasteiger charge is 2.23. The molecule has 0 saturated heterocycles. The SMILES string of the molecule is CCC(C)(CC)c1ccc(-c2ccccc2-c2ccc(C(C)(CC)CC)cc2)cc1. The van der Waals surface area contributed by atoms with Crippen LogP contribution in [0.4, 0.5) is 0 Å². The van der Waals surface area contributed by atoms with Crippen LogP contribution in [-0.4, -0.2) is 0 Å². The van der Waals surface area contributed by atoms with Gasteiger partial charge in [-0.2, -0.15) is 0 Å². The van der Waals surface area contributed by atoms with E-state index in [1.807, 2.05) is 0 Å². The molecule has 0 saturated carbocycles. The maximum atomic E-state index is 2.37. The Labute approximate surface area is 184 Å². The maximum Gasteiger partial charge on any atom is -0.00805 e. The zero-order chi connectivity index (χ0) is 21.8. The van der Waals surface area contributed by atoms with Gasteiger partial charge in [0, 0.05) is 0 Å².